The number of methoxy groups -OCH3 is 1. The number of ketones is 1. The predicted octanol–water partition coefficient (Wildman–Crippen LogP) is 0.104. The number of rotatable bonds is 7. The Kier molecular flexibility index (Phi) is 8.05. The number of benzene rings is 3. The molecule has 0 unspecified atom stereocenters. The van der Waals surface area contributed by atoms with Crippen molar-refractivity contribution < 1.29 is 58.5 Å². The summed E-state index contributed by atoms with van der Waals surface area (Å²) in [4.78, 5) is 26.3. The monoisotopic (exact) mass is 510 g/mol. The van der Waals surface area contributed by atoms with Gasteiger partial charge in [-0.05, 0) is 53.6 Å². The molecular formula is C26H19N2NaO6S. The molecule has 1 aliphatic rings. The van der Waals surface area contributed by atoms with E-state index < -0.39 is 11.8 Å². The third kappa shape index (κ3) is 5.29. The molecule has 0 bridgehead atoms. The van der Waals surface area contributed by atoms with E-state index in [0.29, 0.717) is 52.6 Å². The van der Waals surface area contributed by atoms with Crippen molar-refractivity contribution in [1.82, 2.24) is 8.75 Å². The van der Waals surface area contributed by atoms with Crippen molar-refractivity contribution in [3.63, 3.8) is 0 Å². The Morgan fingerprint density at radius 3 is 2.47 bits per heavy atom. The number of ether oxygens (including phenoxy) is 3. The largest absolute Gasteiger partial charge is 1.00 e. The molecule has 176 valence electrons. The average molecular weight is 511 g/mol. The van der Waals surface area contributed by atoms with Gasteiger partial charge in [-0.2, -0.15) is 8.75 Å². The molecule has 4 aromatic rings. The van der Waals surface area contributed by atoms with Gasteiger partial charge in [0.15, 0.2) is 17.3 Å². The summed E-state index contributed by atoms with van der Waals surface area (Å²) >= 11 is 1.03. The molecule has 1 aliphatic heterocycles. The van der Waals surface area contributed by atoms with Crippen molar-refractivity contribution in [2.24, 2.45) is 0 Å². The fourth-order valence-electron chi connectivity index (χ4n) is 3.98. The molecule has 0 radical (unpaired) electrons. The second kappa shape index (κ2) is 11.2. The molecule has 0 amide bonds. The zero-order valence-electron chi connectivity index (χ0n) is 19.6. The van der Waals surface area contributed by atoms with Crippen molar-refractivity contribution in [3.8, 4) is 17.2 Å². The molecule has 8 nitrogen and oxygen atoms in total. The van der Waals surface area contributed by atoms with E-state index in [1.165, 1.54) is 0 Å². The quantitative estimate of drug-likeness (QED) is 0.196. The summed E-state index contributed by atoms with van der Waals surface area (Å²) < 4.78 is 24.8. The van der Waals surface area contributed by atoms with Crippen LogP contribution in [0.3, 0.4) is 0 Å². The SMILES string of the molecule is COc1cccc(CC(C(=O)c2ccc3c(c2)OCCO3)=C(C(=O)[O-])c2ccc3nsnc3c2)c1.[Na+]. The Morgan fingerprint density at radius 1 is 0.944 bits per heavy atom. The Bertz CT molecular complexity index is 1480. The molecule has 5 rings (SSSR count). The molecule has 36 heavy (non-hydrogen) atoms. The van der Waals surface area contributed by atoms with Gasteiger partial charge in [0.05, 0.1) is 24.8 Å². The Morgan fingerprint density at radius 2 is 1.69 bits per heavy atom. The summed E-state index contributed by atoms with van der Waals surface area (Å²) in [7, 11) is 1.54. The van der Waals surface area contributed by atoms with Gasteiger partial charge in [0.2, 0.25) is 0 Å². The number of aliphatic carboxylic acids is 1. The third-order valence-corrected chi connectivity index (χ3v) is 6.20. The number of Topliss-reactive ketones (excluding diaryl/α,β-unsaturated/α-hetero) is 1. The van der Waals surface area contributed by atoms with Gasteiger partial charge in [0.25, 0.3) is 0 Å². The molecule has 0 saturated carbocycles. The number of fused-ring (bicyclic) bond motifs is 2. The number of hydrogen-bond donors (Lipinski definition) is 0. The Labute approximate surface area is 233 Å². The van der Waals surface area contributed by atoms with Crippen LogP contribution in [0.4, 0.5) is 0 Å². The van der Waals surface area contributed by atoms with Gasteiger partial charge in [0, 0.05) is 23.1 Å². The van der Waals surface area contributed by atoms with Gasteiger partial charge >= 0.3 is 29.6 Å². The van der Waals surface area contributed by atoms with Crippen LogP contribution in [0.1, 0.15) is 21.5 Å². The predicted molar refractivity (Wildman–Crippen MR) is 128 cm³/mol. The summed E-state index contributed by atoms with van der Waals surface area (Å²) in [5.74, 6) is -0.351. The van der Waals surface area contributed by atoms with E-state index in [0.717, 1.165) is 11.7 Å². The van der Waals surface area contributed by atoms with Crippen molar-refractivity contribution >= 4 is 40.1 Å². The number of nitrogens with zero attached hydrogens (tertiary/aromatic N) is 2. The molecule has 0 atom stereocenters. The molecule has 1 aromatic heterocycles. The second-order valence-corrected chi connectivity index (χ2v) is 8.35. The smallest absolute Gasteiger partial charge is 0.545 e. The molecule has 0 aliphatic carbocycles. The molecule has 0 saturated heterocycles. The summed E-state index contributed by atoms with van der Waals surface area (Å²) in [6.07, 6.45) is 0.0428. The van der Waals surface area contributed by atoms with E-state index in [9.17, 15) is 14.7 Å². The first kappa shape index (κ1) is 25.8. The van der Waals surface area contributed by atoms with Gasteiger partial charge in [-0.15, -0.1) is 0 Å². The van der Waals surface area contributed by atoms with E-state index >= 15 is 0 Å². The van der Waals surface area contributed by atoms with Crippen LogP contribution in [0, 0.1) is 0 Å². The van der Waals surface area contributed by atoms with Gasteiger partial charge in [0.1, 0.15) is 30.0 Å². The number of carboxylic acid groups (broad SMARTS) is 1. The van der Waals surface area contributed by atoms with Crippen LogP contribution in [0.2, 0.25) is 0 Å². The van der Waals surface area contributed by atoms with Crippen LogP contribution in [0.25, 0.3) is 16.6 Å². The zero-order valence-corrected chi connectivity index (χ0v) is 22.5. The maximum atomic E-state index is 13.8. The molecular weight excluding hydrogens is 491 g/mol. The van der Waals surface area contributed by atoms with E-state index in [4.69, 9.17) is 14.2 Å². The van der Waals surface area contributed by atoms with Crippen molar-refractivity contribution in [1.29, 1.82) is 0 Å². The zero-order chi connectivity index (χ0) is 24.4. The number of carbonyl (C=O) groups excluding carboxylic acids is 2. The molecule has 2 heterocycles. The fourth-order valence-corrected chi connectivity index (χ4v) is 4.50. The topological polar surface area (TPSA) is 111 Å². The average Bonchev–Trinajstić information content (AvgIpc) is 3.35. The summed E-state index contributed by atoms with van der Waals surface area (Å²) in [5.41, 5.74) is 2.35. The standard InChI is InChI=1S/C26H20N2O6S.Na/c1-32-18-4-2-3-15(11-18)12-19(25(29)17-6-8-22-23(14-17)34-10-9-33-22)24(26(30)31)16-5-7-20-21(13-16)28-35-27-20;/h2-8,11,13-14H,9-10,12H2,1H3,(H,30,31);/q;+1/p-1. The van der Waals surface area contributed by atoms with E-state index in [-0.39, 0.29) is 52.7 Å². The third-order valence-electron chi connectivity index (χ3n) is 5.64. The minimum Gasteiger partial charge on any atom is -0.545 e. The molecule has 0 N–H and O–H groups in total. The maximum absolute atomic E-state index is 13.8. The van der Waals surface area contributed by atoms with Gasteiger partial charge in [-0.1, -0.05) is 18.2 Å². The number of allylic oxidation sites excluding steroid dienone is 1. The fraction of sp³-hybridized carbons (Fsp3) is 0.154. The van der Waals surface area contributed by atoms with Gasteiger partial charge < -0.3 is 24.1 Å². The summed E-state index contributed by atoms with van der Waals surface area (Å²) in [6.45, 7) is 0.785. The molecule has 0 fully saturated rings. The Balaban J connectivity index is 0.00000304. The molecule has 0 spiro atoms. The molecule has 10 heteroatoms. The number of carboxylic acids is 1. The normalized spacial score (nSPS) is 12.9. The van der Waals surface area contributed by atoms with Crippen LogP contribution in [0.15, 0.2) is 66.2 Å². The summed E-state index contributed by atoms with van der Waals surface area (Å²) in [6, 6.07) is 16.8. The van der Waals surface area contributed by atoms with Crippen LogP contribution in [0.5, 0.6) is 17.2 Å². The van der Waals surface area contributed by atoms with E-state index in [1.807, 2.05) is 0 Å². The minimum absolute atomic E-state index is 0. The van der Waals surface area contributed by atoms with E-state index in [1.54, 1.807) is 67.8 Å². The first-order chi connectivity index (χ1) is 17.0. The van der Waals surface area contributed by atoms with Gasteiger partial charge in [-0.3, -0.25) is 4.79 Å². The van der Waals surface area contributed by atoms with Crippen LogP contribution >= 0.6 is 11.7 Å². The van der Waals surface area contributed by atoms with Crippen molar-refractivity contribution in [2.45, 2.75) is 6.42 Å². The number of carbonyl (C=O) groups is 2. The maximum Gasteiger partial charge on any atom is 1.00 e. The number of aromatic nitrogens is 2. The van der Waals surface area contributed by atoms with Crippen LogP contribution in [-0.2, 0) is 11.2 Å². The van der Waals surface area contributed by atoms with Crippen molar-refractivity contribution in [2.75, 3.05) is 20.3 Å². The first-order valence-electron chi connectivity index (χ1n) is 10.8. The van der Waals surface area contributed by atoms with E-state index in [2.05, 4.69) is 8.75 Å². The van der Waals surface area contributed by atoms with Crippen LogP contribution in [-0.4, -0.2) is 40.8 Å². The van der Waals surface area contributed by atoms with Crippen LogP contribution < -0.4 is 48.9 Å². The minimum atomic E-state index is -1.46. The second-order valence-electron chi connectivity index (χ2n) is 7.82. The Hall–Kier alpha value is -3.24. The summed E-state index contributed by atoms with van der Waals surface area (Å²) in [5, 5.41) is 12.5. The first-order valence-corrected chi connectivity index (χ1v) is 11.5. The van der Waals surface area contributed by atoms with Gasteiger partial charge in [-0.25, -0.2) is 0 Å². The molecule has 3 aromatic carbocycles. The van der Waals surface area contributed by atoms with Crippen molar-refractivity contribution in [3.05, 3.63) is 82.9 Å². The number of hydrogen-bond acceptors (Lipinski definition) is 9.